The number of carbonyl (C=O) groups excluding carboxylic acids is 1. The van der Waals surface area contributed by atoms with Crippen LogP contribution in [0.4, 0.5) is 0 Å². The Kier molecular flexibility index (Phi) is 3.51. The van der Waals surface area contributed by atoms with Gasteiger partial charge in [-0.3, -0.25) is 4.79 Å². The third kappa shape index (κ3) is 3.09. The maximum atomic E-state index is 11.2. The zero-order valence-corrected chi connectivity index (χ0v) is 8.78. The summed E-state index contributed by atoms with van der Waals surface area (Å²) in [6.07, 6.45) is 0. The zero-order chi connectivity index (χ0) is 10.6. The molecule has 3 nitrogen and oxygen atoms in total. The molecule has 0 aromatic heterocycles. The lowest BCUT2D eigenvalue weighted by Gasteiger charge is -2.11. The van der Waals surface area contributed by atoms with Gasteiger partial charge in [-0.2, -0.15) is 0 Å². The van der Waals surface area contributed by atoms with Gasteiger partial charge < -0.3 is 9.64 Å². The van der Waals surface area contributed by atoms with Gasteiger partial charge in [0.25, 0.3) is 5.91 Å². The summed E-state index contributed by atoms with van der Waals surface area (Å²) in [5.74, 6) is 0.691. The van der Waals surface area contributed by atoms with Gasteiger partial charge in [-0.25, -0.2) is 0 Å². The van der Waals surface area contributed by atoms with Crippen LogP contribution in [0.5, 0.6) is 5.75 Å². The minimum Gasteiger partial charge on any atom is -0.484 e. The molecule has 0 N–H and O–H groups in total. The van der Waals surface area contributed by atoms with Crippen LogP contribution in [-0.4, -0.2) is 31.5 Å². The van der Waals surface area contributed by atoms with E-state index in [-0.39, 0.29) is 12.5 Å². The molecule has 1 aromatic rings. The molecular formula is C11H15NO2. The van der Waals surface area contributed by atoms with E-state index in [0.29, 0.717) is 0 Å². The number of carbonyl (C=O) groups is 1. The van der Waals surface area contributed by atoms with Crippen LogP contribution < -0.4 is 4.74 Å². The largest absolute Gasteiger partial charge is 0.484 e. The normalized spacial score (nSPS) is 9.64. The first-order valence-electron chi connectivity index (χ1n) is 4.49. The number of amides is 1. The van der Waals surface area contributed by atoms with Gasteiger partial charge in [0, 0.05) is 14.1 Å². The maximum absolute atomic E-state index is 11.2. The Bertz CT molecular complexity index is 304. The molecule has 3 heteroatoms. The SMILES string of the molecule is Cc1ccc(OCC(=O)N(C)C)cc1. The first-order valence-corrected chi connectivity index (χ1v) is 4.49. The fraction of sp³-hybridized carbons (Fsp3) is 0.364. The van der Waals surface area contributed by atoms with Crippen molar-refractivity contribution < 1.29 is 9.53 Å². The molecule has 0 unspecified atom stereocenters. The van der Waals surface area contributed by atoms with Crippen molar-refractivity contribution in [2.75, 3.05) is 20.7 Å². The second kappa shape index (κ2) is 4.65. The van der Waals surface area contributed by atoms with Gasteiger partial charge in [0.2, 0.25) is 0 Å². The fourth-order valence-electron chi connectivity index (χ4n) is 0.909. The second-order valence-electron chi connectivity index (χ2n) is 3.39. The molecule has 1 amide bonds. The lowest BCUT2D eigenvalue weighted by atomic mass is 10.2. The lowest BCUT2D eigenvalue weighted by Crippen LogP contribution is -2.27. The molecule has 1 rings (SSSR count). The number of hydrogen-bond acceptors (Lipinski definition) is 2. The van der Waals surface area contributed by atoms with E-state index in [9.17, 15) is 4.79 Å². The van der Waals surface area contributed by atoms with E-state index in [1.54, 1.807) is 14.1 Å². The van der Waals surface area contributed by atoms with Crippen molar-refractivity contribution in [2.45, 2.75) is 6.92 Å². The van der Waals surface area contributed by atoms with Crippen molar-refractivity contribution in [1.82, 2.24) is 4.90 Å². The van der Waals surface area contributed by atoms with Crippen molar-refractivity contribution in [2.24, 2.45) is 0 Å². The van der Waals surface area contributed by atoms with E-state index in [1.165, 1.54) is 10.5 Å². The van der Waals surface area contributed by atoms with Crippen molar-refractivity contribution in [3.05, 3.63) is 29.8 Å². The quantitative estimate of drug-likeness (QED) is 0.727. The van der Waals surface area contributed by atoms with Crippen LogP contribution >= 0.6 is 0 Å². The summed E-state index contributed by atoms with van der Waals surface area (Å²) >= 11 is 0. The number of nitrogens with zero attached hydrogens (tertiary/aromatic N) is 1. The summed E-state index contributed by atoms with van der Waals surface area (Å²) in [5.41, 5.74) is 1.18. The van der Waals surface area contributed by atoms with Gasteiger partial charge in [-0.1, -0.05) is 17.7 Å². The molecule has 0 saturated heterocycles. The number of rotatable bonds is 3. The molecule has 0 radical (unpaired) electrons. The Morgan fingerprint density at radius 1 is 1.29 bits per heavy atom. The Morgan fingerprint density at radius 3 is 2.36 bits per heavy atom. The molecular weight excluding hydrogens is 178 g/mol. The van der Waals surface area contributed by atoms with Gasteiger partial charge in [0.1, 0.15) is 5.75 Å². The molecule has 14 heavy (non-hydrogen) atoms. The molecule has 1 aromatic carbocycles. The van der Waals surface area contributed by atoms with E-state index in [1.807, 2.05) is 31.2 Å². The molecule has 0 heterocycles. The predicted molar refractivity (Wildman–Crippen MR) is 55.4 cm³/mol. The first-order chi connectivity index (χ1) is 6.59. The number of likely N-dealkylation sites (N-methyl/N-ethyl adjacent to an activating group) is 1. The van der Waals surface area contributed by atoms with Gasteiger partial charge >= 0.3 is 0 Å². The Hall–Kier alpha value is -1.51. The molecule has 76 valence electrons. The standard InChI is InChI=1S/C11H15NO2/c1-9-4-6-10(7-5-9)14-8-11(13)12(2)3/h4-7H,8H2,1-3H3. The minimum absolute atomic E-state index is 0.0365. The monoisotopic (exact) mass is 193 g/mol. The smallest absolute Gasteiger partial charge is 0.259 e. The Balaban J connectivity index is 2.46. The molecule has 0 atom stereocenters. The molecule has 0 aliphatic heterocycles. The van der Waals surface area contributed by atoms with E-state index < -0.39 is 0 Å². The van der Waals surface area contributed by atoms with Crippen LogP contribution in [0.2, 0.25) is 0 Å². The highest BCUT2D eigenvalue weighted by Gasteiger charge is 2.03. The molecule has 0 fully saturated rings. The Labute approximate surface area is 84.3 Å². The molecule has 0 aliphatic rings. The topological polar surface area (TPSA) is 29.5 Å². The van der Waals surface area contributed by atoms with E-state index in [2.05, 4.69) is 0 Å². The van der Waals surface area contributed by atoms with Crippen LogP contribution in [0.15, 0.2) is 24.3 Å². The summed E-state index contributed by atoms with van der Waals surface area (Å²) in [4.78, 5) is 12.7. The van der Waals surface area contributed by atoms with E-state index in [0.717, 1.165) is 5.75 Å². The summed E-state index contributed by atoms with van der Waals surface area (Å²) in [6, 6.07) is 7.63. The first kappa shape index (κ1) is 10.6. The van der Waals surface area contributed by atoms with Gasteiger partial charge in [-0.05, 0) is 19.1 Å². The predicted octanol–water partition coefficient (Wildman–Crippen LogP) is 1.46. The molecule has 0 aliphatic carbocycles. The number of ether oxygens (including phenoxy) is 1. The highest BCUT2D eigenvalue weighted by molar-refractivity contribution is 5.77. The van der Waals surface area contributed by atoms with E-state index in [4.69, 9.17) is 4.74 Å². The van der Waals surface area contributed by atoms with Crippen molar-refractivity contribution in [1.29, 1.82) is 0 Å². The molecule has 0 spiro atoms. The average molecular weight is 193 g/mol. The van der Waals surface area contributed by atoms with Gasteiger partial charge in [0.05, 0.1) is 0 Å². The second-order valence-corrected chi connectivity index (χ2v) is 3.39. The molecule has 0 bridgehead atoms. The number of aryl methyl sites for hydroxylation is 1. The van der Waals surface area contributed by atoms with Crippen LogP contribution in [0.3, 0.4) is 0 Å². The maximum Gasteiger partial charge on any atom is 0.259 e. The Morgan fingerprint density at radius 2 is 1.86 bits per heavy atom. The number of benzene rings is 1. The highest BCUT2D eigenvalue weighted by Crippen LogP contribution is 2.10. The van der Waals surface area contributed by atoms with Crippen LogP contribution in [-0.2, 0) is 4.79 Å². The van der Waals surface area contributed by atoms with Crippen LogP contribution in [0.1, 0.15) is 5.56 Å². The summed E-state index contributed by atoms with van der Waals surface area (Å²) in [6.45, 7) is 2.10. The minimum atomic E-state index is -0.0365. The van der Waals surface area contributed by atoms with Gasteiger partial charge in [0.15, 0.2) is 6.61 Å². The van der Waals surface area contributed by atoms with Gasteiger partial charge in [-0.15, -0.1) is 0 Å². The fourth-order valence-corrected chi connectivity index (χ4v) is 0.909. The number of hydrogen-bond donors (Lipinski definition) is 0. The van der Waals surface area contributed by atoms with Crippen LogP contribution in [0.25, 0.3) is 0 Å². The summed E-state index contributed by atoms with van der Waals surface area (Å²) < 4.78 is 5.29. The molecule has 0 saturated carbocycles. The third-order valence-corrected chi connectivity index (χ3v) is 1.88. The van der Waals surface area contributed by atoms with Crippen molar-refractivity contribution in [3.63, 3.8) is 0 Å². The lowest BCUT2D eigenvalue weighted by molar-refractivity contribution is -0.130. The zero-order valence-electron chi connectivity index (χ0n) is 8.78. The summed E-state index contributed by atoms with van der Waals surface area (Å²) in [7, 11) is 3.42. The summed E-state index contributed by atoms with van der Waals surface area (Å²) in [5, 5.41) is 0. The van der Waals surface area contributed by atoms with Crippen molar-refractivity contribution in [3.8, 4) is 5.75 Å². The highest BCUT2D eigenvalue weighted by atomic mass is 16.5. The third-order valence-electron chi connectivity index (χ3n) is 1.88. The average Bonchev–Trinajstić information content (AvgIpc) is 2.16. The van der Waals surface area contributed by atoms with E-state index >= 15 is 0 Å². The van der Waals surface area contributed by atoms with Crippen molar-refractivity contribution >= 4 is 5.91 Å². The van der Waals surface area contributed by atoms with Crippen LogP contribution in [0, 0.1) is 6.92 Å².